The van der Waals surface area contributed by atoms with Crippen LogP contribution in [-0.2, 0) is 9.53 Å². The van der Waals surface area contributed by atoms with Gasteiger partial charge in [-0.25, -0.2) is 9.97 Å². The first-order valence-corrected chi connectivity index (χ1v) is 13.9. The van der Waals surface area contributed by atoms with Gasteiger partial charge in [-0.15, -0.1) is 11.3 Å². The van der Waals surface area contributed by atoms with Crippen molar-refractivity contribution in [3.05, 3.63) is 77.3 Å². The highest BCUT2D eigenvalue weighted by Crippen LogP contribution is 2.40. The number of nitrogens with zero attached hydrogens (tertiary/aromatic N) is 2. The van der Waals surface area contributed by atoms with Gasteiger partial charge < -0.3 is 14.5 Å². The number of hydrogen-bond donors (Lipinski definition) is 1. The van der Waals surface area contributed by atoms with Gasteiger partial charge in [-0.05, 0) is 75.3 Å². The molecule has 8 heteroatoms. The van der Waals surface area contributed by atoms with Crippen LogP contribution in [0.3, 0.4) is 0 Å². The lowest BCUT2D eigenvalue weighted by Crippen LogP contribution is -2.17. The first kappa shape index (κ1) is 25.9. The zero-order chi connectivity index (χ0) is 26.5. The van der Waals surface area contributed by atoms with Gasteiger partial charge in [-0.2, -0.15) is 0 Å². The third kappa shape index (κ3) is 6.02. The molecule has 5 rings (SSSR count). The number of hydrogen-bond acceptors (Lipinski definition) is 7. The molecule has 196 valence electrons. The maximum Gasteiger partial charge on any atom is 0.306 e. The number of aromatic nitrogens is 2. The minimum absolute atomic E-state index is 0.0831. The summed E-state index contributed by atoms with van der Waals surface area (Å²) < 4.78 is 10.8. The van der Waals surface area contributed by atoms with E-state index in [0.29, 0.717) is 42.2 Å². The third-order valence-electron chi connectivity index (χ3n) is 6.94. The lowest BCUT2D eigenvalue weighted by atomic mass is 9.81. The number of carbonyl (C=O) groups excluding carboxylic acids is 2. The molecule has 0 bridgehead atoms. The number of oxazole rings is 1. The quantitative estimate of drug-likeness (QED) is 0.242. The summed E-state index contributed by atoms with van der Waals surface area (Å²) >= 11 is 1.72. The Morgan fingerprint density at radius 2 is 1.76 bits per heavy atom. The van der Waals surface area contributed by atoms with Gasteiger partial charge in [0.05, 0.1) is 16.5 Å². The van der Waals surface area contributed by atoms with E-state index >= 15 is 0 Å². The molecular formula is C30H31N3O4S. The van der Waals surface area contributed by atoms with Crippen molar-refractivity contribution in [1.29, 1.82) is 0 Å². The minimum atomic E-state index is -0.306. The molecule has 4 aromatic rings. The number of nitrogens with one attached hydrogen (secondary N) is 1. The second-order valence-corrected chi connectivity index (χ2v) is 10.7. The third-order valence-corrected chi connectivity index (χ3v) is 8.15. The number of thiazole rings is 1. The van der Waals surface area contributed by atoms with Crippen molar-refractivity contribution in [1.82, 2.24) is 9.97 Å². The topological polar surface area (TPSA) is 94.3 Å². The molecule has 38 heavy (non-hydrogen) atoms. The zero-order valence-electron chi connectivity index (χ0n) is 21.6. The van der Waals surface area contributed by atoms with Crippen LogP contribution in [-0.4, -0.2) is 28.5 Å². The fourth-order valence-electron chi connectivity index (χ4n) is 4.90. The fourth-order valence-corrected chi connectivity index (χ4v) is 5.99. The minimum Gasteiger partial charge on any atom is -0.466 e. The standard InChI is InChI=1S/C30H31N3O4S/c1-3-36-26(34)17-20-9-11-23(12-10-20)30-31-18-25(38-30)21-13-15-24(16-14-21)32-28(35)27-19(2)37-29(33-27)22-7-5-4-6-8-22/h4-8,13-16,18,20,23H,3,9-12,17H2,1-2H3,(H,32,35). The molecule has 0 spiro atoms. The predicted octanol–water partition coefficient (Wildman–Crippen LogP) is 7.25. The Hall–Kier alpha value is -3.78. The van der Waals surface area contributed by atoms with Crippen molar-refractivity contribution in [3.8, 4) is 21.9 Å². The van der Waals surface area contributed by atoms with Crippen LogP contribution in [0.25, 0.3) is 21.9 Å². The number of ether oxygens (including phenoxy) is 1. The van der Waals surface area contributed by atoms with Gasteiger partial charge in [-0.3, -0.25) is 9.59 Å². The van der Waals surface area contributed by atoms with E-state index in [1.807, 2.05) is 67.7 Å². The average molecular weight is 530 g/mol. The van der Waals surface area contributed by atoms with Crippen molar-refractivity contribution in [3.63, 3.8) is 0 Å². The van der Waals surface area contributed by atoms with Gasteiger partial charge in [-0.1, -0.05) is 30.3 Å². The molecule has 7 nitrogen and oxygen atoms in total. The van der Waals surface area contributed by atoms with Crippen LogP contribution in [0.5, 0.6) is 0 Å². The molecule has 1 N–H and O–H groups in total. The molecule has 0 aliphatic heterocycles. The van der Waals surface area contributed by atoms with E-state index < -0.39 is 0 Å². The van der Waals surface area contributed by atoms with Crippen LogP contribution in [0.4, 0.5) is 5.69 Å². The lowest BCUT2D eigenvalue weighted by Gasteiger charge is -2.26. The van der Waals surface area contributed by atoms with Gasteiger partial charge in [0.2, 0.25) is 5.89 Å². The summed E-state index contributed by atoms with van der Waals surface area (Å²) in [5.41, 5.74) is 2.85. The molecule has 0 atom stereocenters. The largest absolute Gasteiger partial charge is 0.466 e. The molecule has 2 aromatic carbocycles. The van der Waals surface area contributed by atoms with Crippen molar-refractivity contribution in [2.45, 2.75) is 51.9 Å². The van der Waals surface area contributed by atoms with Gasteiger partial charge in [0, 0.05) is 29.8 Å². The van der Waals surface area contributed by atoms with Crippen molar-refractivity contribution in [2.24, 2.45) is 5.92 Å². The van der Waals surface area contributed by atoms with Crippen LogP contribution >= 0.6 is 11.3 Å². The molecule has 0 saturated heterocycles. The van der Waals surface area contributed by atoms with Crippen LogP contribution in [0, 0.1) is 12.8 Å². The number of rotatable bonds is 8. The summed E-state index contributed by atoms with van der Waals surface area (Å²) in [6, 6.07) is 17.3. The SMILES string of the molecule is CCOC(=O)CC1CCC(c2ncc(-c3ccc(NC(=O)c4nc(-c5ccccc5)oc4C)cc3)s2)CC1. The van der Waals surface area contributed by atoms with E-state index in [2.05, 4.69) is 10.3 Å². The molecule has 2 heterocycles. The number of esters is 1. The number of aryl methyl sites for hydroxylation is 1. The number of anilines is 1. The van der Waals surface area contributed by atoms with Crippen molar-refractivity contribution in [2.75, 3.05) is 11.9 Å². The zero-order valence-corrected chi connectivity index (χ0v) is 22.4. The van der Waals surface area contributed by atoms with Crippen LogP contribution in [0.15, 0.2) is 65.2 Å². The summed E-state index contributed by atoms with van der Waals surface area (Å²) in [6.45, 7) is 4.03. The van der Waals surface area contributed by atoms with E-state index in [1.165, 1.54) is 0 Å². The number of carbonyl (C=O) groups is 2. The highest BCUT2D eigenvalue weighted by Gasteiger charge is 2.26. The summed E-state index contributed by atoms with van der Waals surface area (Å²) in [6.07, 6.45) is 6.62. The van der Waals surface area contributed by atoms with Crippen molar-refractivity contribution < 1.29 is 18.7 Å². The Bertz CT molecular complexity index is 1390. The summed E-state index contributed by atoms with van der Waals surface area (Å²) in [7, 11) is 0. The Morgan fingerprint density at radius 3 is 2.47 bits per heavy atom. The number of amides is 1. The first-order valence-electron chi connectivity index (χ1n) is 13.1. The Balaban J connectivity index is 1.18. The Kier molecular flexibility index (Phi) is 7.98. The summed E-state index contributed by atoms with van der Waals surface area (Å²) in [5, 5.41) is 4.07. The maximum absolute atomic E-state index is 12.9. The monoisotopic (exact) mass is 529 g/mol. The lowest BCUT2D eigenvalue weighted by molar-refractivity contribution is -0.144. The molecule has 0 unspecified atom stereocenters. The van der Waals surface area contributed by atoms with Gasteiger partial charge >= 0.3 is 5.97 Å². The highest BCUT2D eigenvalue weighted by molar-refractivity contribution is 7.15. The molecule has 1 amide bonds. The van der Waals surface area contributed by atoms with Crippen molar-refractivity contribution >= 4 is 28.9 Å². The van der Waals surface area contributed by atoms with Gasteiger partial charge in [0.25, 0.3) is 5.91 Å². The second kappa shape index (κ2) is 11.7. The molecule has 0 radical (unpaired) electrons. The number of benzene rings is 2. The predicted molar refractivity (Wildman–Crippen MR) is 148 cm³/mol. The fraction of sp³-hybridized carbons (Fsp3) is 0.333. The van der Waals surface area contributed by atoms with Crippen LogP contribution in [0.2, 0.25) is 0 Å². The smallest absolute Gasteiger partial charge is 0.306 e. The van der Waals surface area contributed by atoms with Crippen LogP contribution in [0.1, 0.15) is 66.2 Å². The molecule has 1 fully saturated rings. The van der Waals surface area contributed by atoms with E-state index in [4.69, 9.17) is 14.1 Å². The van der Waals surface area contributed by atoms with E-state index in [-0.39, 0.29) is 17.6 Å². The van der Waals surface area contributed by atoms with Crippen LogP contribution < -0.4 is 5.32 Å². The molecule has 1 aliphatic rings. The summed E-state index contributed by atoms with van der Waals surface area (Å²) in [4.78, 5) is 34.9. The average Bonchev–Trinajstić information content (AvgIpc) is 3.58. The molecule has 2 aromatic heterocycles. The molecule has 1 saturated carbocycles. The first-order chi connectivity index (χ1) is 18.5. The maximum atomic E-state index is 12.9. The normalized spacial score (nSPS) is 17.2. The molecular weight excluding hydrogens is 498 g/mol. The van der Waals surface area contributed by atoms with E-state index in [0.717, 1.165) is 46.7 Å². The Morgan fingerprint density at radius 1 is 1.03 bits per heavy atom. The van der Waals surface area contributed by atoms with Gasteiger partial charge in [0.1, 0.15) is 5.76 Å². The van der Waals surface area contributed by atoms with E-state index in [1.54, 1.807) is 18.3 Å². The second-order valence-electron chi connectivity index (χ2n) is 9.61. The molecule has 1 aliphatic carbocycles. The van der Waals surface area contributed by atoms with E-state index in [9.17, 15) is 9.59 Å². The Labute approximate surface area is 226 Å². The van der Waals surface area contributed by atoms with Gasteiger partial charge in [0.15, 0.2) is 5.69 Å². The summed E-state index contributed by atoms with van der Waals surface area (Å²) in [5.74, 6) is 1.37. The highest BCUT2D eigenvalue weighted by atomic mass is 32.1.